The summed E-state index contributed by atoms with van der Waals surface area (Å²) in [5.74, 6) is -1.36. The van der Waals surface area contributed by atoms with Gasteiger partial charge in [-0.2, -0.15) is 10.2 Å². The molecular weight excluding hydrogens is 364 g/mol. The van der Waals surface area contributed by atoms with Crippen molar-refractivity contribution in [2.75, 3.05) is 5.32 Å². The fraction of sp³-hybridized carbons (Fsp3) is 0.0526. The van der Waals surface area contributed by atoms with Crippen LogP contribution in [0.15, 0.2) is 47.8 Å². The second kappa shape index (κ2) is 6.08. The van der Waals surface area contributed by atoms with E-state index in [1.807, 2.05) is 6.07 Å². The van der Waals surface area contributed by atoms with Crippen molar-refractivity contribution in [3.63, 3.8) is 0 Å². The van der Waals surface area contributed by atoms with Crippen LogP contribution in [-0.4, -0.2) is 31.2 Å². The SMILES string of the molecule is Cc1n[nH]c2c1N=C(c1c(F)cccc1F)Nc1cnc(-c3cn[nH]c3)cc1-2. The molecule has 7 nitrogen and oxygen atoms in total. The lowest BCUT2D eigenvalue weighted by Crippen LogP contribution is -2.17. The van der Waals surface area contributed by atoms with Gasteiger partial charge in [0.15, 0.2) is 0 Å². The molecule has 0 aliphatic carbocycles. The van der Waals surface area contributed by atoms with Gasteiger partial charge in [0.1, 0.15) is 23.2 Å². The first kappa shape index (κ1) is 16.3. The van der Waals surface area contributed by atoms with Gasteiger partial charge in [-0.05, 0) is 25.1 Å². The number of pyridine rings is 1. The van der Waals surface area contributed by atoms with Crippen molar-refractivity contribution in [1.82, 2.24) is 25.4 Å². The second-order valence-corrected chi connectivity index (χ2v) is 6.32. The van der Waals surface area contributed by atoms with E-state index < -0.39 is 11.6 Å². The number of aryl methyl sites for hydroxylation is 1. The van der Waals surface area contributed by atoms with Crippen LogP contribution < -0.4 is 5.32 Å². The molecule has 1 aromatic carbocycles. The Morgan fingerprint density at radius 1 is 1.07 bits per heavy atom. The molecular formula is C19H13F2N7. The lowest BCUT2D eigenvalue weighted by molar-refractivity contribution is 0.579. The maximum Gasteiger partial charge on any atom is 0.144 e. The van der Waals surface area contributed by atoms with E-state index in [0.29, 0.717) is 28.5 Å². The number of nitrogens with zero attached hydrogens (tertiary/aromatic N) is 4. The summed E-state index contributed by atoms with van der Waals surface area (Å²) in [5, 5.41) is 16.9. The normalized spacial score (nSPS) is 12.6. The Balaban J connectivity index is 1.73. The van der Waals surface area contributed by atoms with Crippen LogP contribution in [0.2, 0.25) is 0 Å². The third kappa shape index (κ3) is 2.48. The molecule has 0 saturated carbocycles. The van der Waals surface area contributed by atoms with Gasteiger partial charge in [-0.15, -0.1) is 0 Å². The molecule has 0 fully saturated rings. The van der Waals surface area contributed by atoms with E-state index in [2.05, 4.69) is 35.7 Å². The van der Waals surface area contributed by atoms with Crippen molar-refractivity contribution in [3.8, 4) is 22.5 Å². The zero-order valence-corrected chi connectivity index (χ0v) is 14.6. The summed E-state index contributed by atoms with van der Waals surface area (Å²) in [6.07, 6.45) is 4.99. The molecule has 5 rings (SSSR count). The summed E-state index contributed by atoms with van der Waals surface area (Å²) in [7, 11) is 0. The van der Waals surface area contributed by atoms with Gasteiger partial charge in [0.05, 0.1) is 40.7 Å². The van der Waals surface area contributed by atoms with Crippen LogP contribution in [0.1, 0.15) is 11.3 Å². The molecule has 4 aromatic rings. The summed E-state index contributed by atoms with van der Waals surface area (Å²) in [5.41, 5.74) is 4.31. The standard InChI is InChI=1S/C19H13F2N7/c1-9-17-18(28-27-9)11-5-14(10-6-23-24-7-10)22-8-15(11)25-19(26-17)16-12(20)3-2-4-13(16)21/h2-8H,1H3,(H,23,24)(H,25,26)(H,27,28). The third-order valence-corrected chi connectivity index (χ3v) is 4.56. The largest absolute Gasteiger partial charge is 0.338 e. The van der Waals surface area contributed by atoms with Gasteiger partial charge in [0.2, 0.25) is 0 Å². The van der Waals surface area contributed by atoms with E-state index >= 15 is 0 Å². The Morgan fingerprint density at radius 2 is 1.89 bits per heavy atom. The fourth-order valence-corrected chi connectivity index (χ4v) is 3.17. The zero-order valence-electron chi connectivity index (χ0n) is 14.6. The first-order chi connectivity index (χ1) is 13.6. The van der Waals surface area contributed by atoms with Gasteiger partial charge < -0.3 is 5.32 Å². The minimum absolute atomic E-state index is 0.0537. The highest BCUT2D eigenvalue weighted by molar-refractivity contribution is 6.13. The average Bonchev–Trinajstić information content (AvgIpc) is 3.30. The second-order valence-electron chi connectivity index (χ2n) is 6.32. The molecule has 1 aliphatic rings. The summed E-state index contributed by atoms with van der Waals surface area (Å²) < 4.78 is 28.8. The van der Waals surface area contributed by atoms with E-state index in [1.54, 1.807) is 25.5 Å². The minimum atomic E-state index is -0.708. The molecule has 138 valence electrons. The van der Waals surface area contributed by atoms with Crippen molar-refractivity contribution in [2.24, 2.45) is 4.99 Å². The number of rotatable bonds is 2. The van der Waals surface area contributed by atoms with Gasteiger partial charge in [0, 0.05) is 17.3 Å². The number of hydrogen-bond donors (Lipinski definition) is 3. The Labute approximate surface area is 157 Å². The summed E-state index contributed by atoms with van der Waals surface area (Å²) >= 11 is 0. The van der Waals surface area contributed by atoms with Gasteiger partial charge in [-0.1, -0.05) is 6.07 Å². The molecule has 3 aromatic heterocycles. The average molecular weight is 377 g/mol. The molecule has 0 atom stereocenters. The number of anilines is 1. The van der Waals surface area contributed by atoms with Crippen molar-refractivity contribution >= 4 is 17.2 Å². The number of nitrogens with one attached hydrogen (secondary N) is 3. The number of fused-ring (bicyclic) bond motifs is 3. The maximum atomic E-state index is 14.4. The van der Waals surface area contributed by atoms with E-state index in [0.717, 1.165) is 11.1 Å². The molecule has 9 heteroatoms. The summed E-state index contributed by atoms with van der Waals surface area (Å²) in [6, 6.07) is 5.54. The monoisotopic (exact) mass is 377 g/mol. The fourth-order valence-electron chi connectivity index (χ4n) is 3.17. The molecule has 3 N–H and O–H groups in total. The number of aliphatic imine (C=N–C) groups is 1. The number of halogens is 2. The molecule has 0 amide bonds. The van der Waals surface area contributed by atoms with Crippen LogP contribution in [0.5, 0.6) is 0 Å². The number of hydrogen-bond acceptors (Lipinski definition) is 5. The van der Waals surface area contributed by atoms with Gasteiger partial charge in [0.25, 0.3) is 0 Å². The molecule has 4 heterocycles. The molecule has 0 radical (unpaired) electrons. The molecule has 0 unspecified atom stereocenters. The highest BCUT2D eigenvalue weighted by atomic mass is 19.1. The third-order valence-electron chi connectivity index (χ3n) is 4.56. The number of aromatic amines is 2. The maximum absolute atomic E-state index is 14.4. The molecule has 0 bridgehead atoms. The Kier molecular flexibility index (Phi) is 3.54. The molecule has 0 saturated heterocycles. The quantitative estimate of drug-likeness (QED) is 0.493. The van der Waals surface area contributed by atoms with Crippen LogP contribution >= 0.6 is 0 Å². The number of amidine groups is 1. The molecule has 28 heavy (non-hydrogen) atoms. The predicted molar refractivity (Wildman–Crippen MR) is 100 cm³/mol. The lowest BCUT2D eigenvalue weighted by Gasteiger charge is -2.12. The number of benzene rings is 1. The van der Waals surface area contributed by atoms with Crippen LogP contribution in [0.25, 0.3) is 22.5 Å². The first-order valence-electron chi connectivity index (χ1n) is 8.46. The summed E-state index contributed by atoms with van der Waals surface area (Å²) in [4.78, 5) is 8.91. The highest BCUT2D eigenvalue weighted by Gasteiger charge is 2.25. The molecule has 0 spiro atoms. The van der Waals surface area contributed by atoms with Crippen molar-refractivity contribution in [3.05, 3.63) is 65.7 Å². The van der Waals surface area contributed by atoms with Gasteiger partial charge in [-0.3, -0.25) is 15.2 Å². The van der Waals surface area contributed by atoms with Gasteiger partial charge >= 0.3 is 0 Å². The number of H-pyrrole nitrogens is 2. The van der Waals surface area contributed by atoms with E-state index in [4.69, 9.17) is 0 Å². The van der Waals surface area contributed by atoms with Crippen LogP contribution in [0.4, 0.5) is 20.2 Å². The van der Waals surface area contributed by atoms with E-state index in [9.17, 15) is 8.78 Å². The lowest BCUT2D eigenvalue weighted by atomic mass is 10.1. The van der Waals surface area contributed by atoms with Crippen LogP contribution in [0, 0.1) is 18.6 Å². The van der Waals surface area contributed by atoms with Crippen molar-refractivity contribution < 1.29 is 8.78 Å². The van der Waals surface area contributed by atoms with E-state index in [1.165, 1.54) is 18.2 Å². The predicted octanol–water partition coefficient (Wildman–Crippen LogP) is 3.95. The smallest absolute Gasteiger partial charge is 0.144 e. The Bertz CT molecular complexity index is 1210. The Morgan fingerprint density at radius 3 is 2.64 bits per heavy atom. The Hall–Kier alpha value is -3.88. The molecule has 1 aliphatic heterocycles. The van der Waals surface area contributed by atoms with Crippen molar-refractivity contribution in [2.45, 2.75) is 6.92 Å². The van der Waals surface area contributed by atoms with Crippen molar-refractivity contribution in [1.29, 1.82) is 0 Å². The zero-order chi connectivity index (χ0) is 19.3. The minimum Gasteiger partial charge on any atom is -0.338 e. The number of aromatic nitrogens is 5. The summed E-state index contributed by atoms with van der Waals surface area (Å²) in [6.45, 7) is 1.78. The van der Waals surface area contributed by atoms with Crippen LogP contribution in [-0.2, 0) is 0 Å². The highest BCUT2D eigenvalue weighted by Crippen LogP contribution is 2.40. The van der Waals surface area contributed by atoms with E-state index in [-0.39, 0.29) is 11.4 Å². The topological polar surface area (TPSA) is 94.6 Å². The van der Waals surface area contributed by atoms with Crippen LogP contribution in [0.3, 0.4) is 0 Å². The first-order valence-corrected chi connectivity index (χ1v) is 8.46. The van der Waals surface area contributed by atoms with Gasteiger partial charge in [-0.25, -0.2) is 13.8 Å².